The minimum absolute atomic E-state index is 0.176. The number of carbonyl (C=O) groups excluding carboxylic acids is 1. The van der Waals surface area contributed by atoms with E-state index >= 15 is 0 Å². The monoisotopic (exact) mass is 432 g/mol. The molecule has 4 aromatic rings. The third kappa shape index (κ3) is 3.93. The highest BCUT2D eigenvalue weighted by Crippen LogP contribution is 2.23. The maximum absolute atomic E-state index is 13.2. The summed E-state index contributed by atoms with van der Waals surface area (Å²) in [5.74, 6) is -0.595. The lowest BCUT2D eigenvalue weighted by molar-refractivity contribution is -0.117. The number of nitrogens with one attached hydrogen (secondary N) is 1. The van der Waals surface area contributed by atoms with Crippen LogP contribution in [0.2, 0.25) is 0 Å². The fraction of sp³-hybridized carbons (Fsp3) is 0.240. The summed E-state index contributed by atoms with van der Waals surface area (Å²) in [5.41, 5.74) is 4.98. The number of aromatic nitrogens is 3. The second-order valence-electron chi connectivity index (χ2n) is 8.09. The number of hydrogen-bond acceptors (Lipinski definition) is 3. The smallest absolute Gasteiger partial charge is 0.276 e. The number of rotatable bonds is 5. The predicted molar refractivity (Wildman–Crippen MR) is 124 cm³/mol. The number of aryl methyl sites for hydroxylation is 4. The summed E-state index contributed by atoms with van der Waals surface area (Å²) in [6, 6.07) is 12.1. The lowest BCUT2D eigenvalue weighted by Gasteiger charge is -2.12. The molecule has 0 saturated carbocycles. The van der Waals surface area contributed by atoms with Gasteiger partial charge in [0.1, 0.15) is 12.4 Å². The van der Waals surface area contributed by atoms with Crippen molar-refractivity contribution in [3.05, 3.63) is 92.9 Å². The molecule has 2 aromatic heterocycles. The van der Waals surface area contributed by atoms with E-state index in [1.807, 2.05) is 50.5 Å². The Kier molecular flexibility index (Phi) is 5.65. The van der Waals surface area contributed by atoms with Crippen LogP contribution in [0.5, 0.6) is 0 Å². The maximum atomic E-state index is 13.2. The number of hydrogen-bond donors (Lipinski definition) is 1. The summed E-state index contributed by atoms with van der Waals surface area (Å²) < 4.78 is 16.5. The van der Waals surface area contributed by atoms with E-state index in [9.17, 15) is 14.0 Å². The Hall–Kier alpha value is -3.74. The fourth-order valence-electron chi connectivity index (χ4n) is 4.09. The number of fused-ring (bicyclic) bond motifs is 1. The molecule has 4 rings (SSSR count). The molecule has 6 nitrogen and oxygen atoms in total. The molecule has 0 aliphatic carbocycles. The molecule has 1 N–H and O–H groups in total. The third-order valence-electron chi connectivity index (χ3n) is 5.90. The molecule has 0 saturated heterocycles. The lowest BCUT2D eigenvalue weighted by atomic mass is 10.1. The highest BCUT2D eigenvalue weighted by atomic mass is 19.1. The van der Waals surface area contributed by atoms with Gasteiger partial charge < -0.3 is 9.88 Å². The molecule has 7 heteroatoms. The van der Waals surface area contributed by atoms with Crippen molar-refractivity contribution in [3.63, 3.8) is 0 Å². The first-order chi connectivity index (χ1) is 15.3. The van der Waals surface area contributed by atoms with Crippen molar-refractivity contribution in [2.45, 2.75) is 40.8 Å². The molecule has 0 spiro atoms. The Bertz CT molecular complexity index is 1360. The zero-order valence-electron chi connectivity index (χ0n) is 18.6. The van der Waals surface area contributed by atoms with Crippen LogP contribution in [0.15, 0.2) is 53.5 Å². The van der Waals surface area contributed by atoms with Crippen LogP contribution in [-0.2, 0) is 17.9 Å². The van der Waals surface area contributed by atoms with Gasteiger partial charge in [-0.3, -0.25) is 9.59 Å². The Morgan fingerprint density at radius 3 is 2.31 bits per heavy atom. The summed E-state index contributed by atoms with van der Waals surface area (Å²) in [6.45, 7) is 7.99. The van der Waals surface area contributed by atoms with E-state index in [4.69, 9.17) is 0 Å². The van der Waals surface area contributed by atoms with E-state index in [1.54, 1.807) is 18.3 Å². The van der Waals surface area contributed by atoms with Crippen molar-refractivity contribution in [2.24, 2.45) is 0 Å². The van der Waals surface area contributed by atoms with Crippen molar-refractivity contribution < 1.29 is 9.18 Å². The molecule has 0 fully saturated rings. The van der Waals surface area contributed by atoms with Gasteiger partial charge in [-0.2, -0.15) is 5.10 Å². The van der Waals surface area contributed by atoms with Gasteiger partial charge in [0.05, 0.1) is 11.6 Å². The maximum Gasteiger partial charge on any atom is 0.276 e. The fourth-order valence-corrected chi connectivity index (χ4v) is 4.09. The van der Waals surface area contributed by atoms with Gasteiger partial charge in [-0.05, 0) is 56.5 Å². The Labute approximate surface area is 185 Å². The first-order valence-corrected chi connectivity index (χ1v) is 10.4. The van der Waals surface area contributed by atoms with Crippen molar-refractivity contribution >= 4 is 22.4 Å². The summed E-state index contributed by atoms with van der Waals surface area (Å²) >= 11 is 0. The van der Waals surface area contributed by atoms with Crippen molar-refractivity contribution in [1.29, 1.82) is 0 Å². The van der Waals surface area contributed by atoms with Gasteiger partial charge >= 0.3 is 0 Å². The lowest BCUT2D eigenvalue weighted by Crippen LogP contribution is -2.30. The summed E-state index contributed by atoms with van der Waals surface area (Å²) in [7, 11) is 0. The van der Waals surface area contributed by atoms with Crippen molar-refractivity contribution in [1.82, 2.24) is 14.3 Å². The molecule has 2 heterocycles. The summed E-state index contributed by atoms with van der Waals surface area (Å²) in [6.07, 6.45) is 1.63. The molecule has 0 aliphatic rings. The number of benzene rings is 2. The molecule has 0 atom stereocenters. The number of para-hydroxylation sites is 1. The number of halogens is 1. The highest BCUT2D eigenvalue weighted by molar-refractivity contribution is 5.92. The number of anilines is 1. The second-order valence-corrected chi connectivity index (χ2v) is 8.09. The second kappa shape index (κ2) is 8.42. The van der Waals surface area contributed by atoms with Crippen LogP contribution in [0.25, 0.3) is 10.8 Å². The van der Waals surface area contributed by atoms with Crippen molar-refractivity contribution in [2.75, 3.05) is 5.32 Å². The number of amides is 1. The van der Waals surface area contributed by atoms with E-state index in [2.05, 4.69) is 10.4 Å². The third-order valence-corrected chi connectivity index (χ3v) is 5.90. The molecule has 0 aliphatic heterocycles. The van der Waals surface area contributed by atoms with Gasteiger partial charge in [0.25, 0.3) is 5.56 Å². The van der Waals surface area contributed by atoms with Crippen LogP contribution in [0.4, 0.5) is 10.1 Å². The summed E-state index contributed by atoms with van der Waals surface area (Å²) in [4.78, 5) is 25.8. The molecule has 1 amide bonds. The molecule has 32 heavy (non-hydrogen) atoms. The van der Waals surface area contributed by atoms with Crippen LogP contribution in [-0.4, -0.2) is 20.3 Å². The quantitative estimate of drug-likeness (QED) is 0.512. The SMILES string of the molecule is Cc1cccc(C)c1NC(=O)Cn1ncc2c(C)n(Cc3ccc(F)cc3)c(C)c2c1=O. The highest BCUT2D eigenvalue weighted by Gasteiger charge is 2.18. The average molecular weight is 432 g/mol. The number of carbonyl (C=O) groups is 1. The Morgan fingerprint density at radius 2 is 1.66 bits per heavy atom. The van der Waals surface area contributed by atoms with Gasteiger partial charge in [-0.25, -0.2) is 9.07 Å². The topological polar surface area (TPSA) is 68.9 Å². The normalized spacial score (nSPS) is 11.2. The Balaban J connectivity index is 1.65. The van der Waals surface area contributed by atoms with Gasteiger partial charge in [0, 0.05) is 29.0 Å². The Morgan fingerprint density at radius 1 is 1.00 bits per heavy atom. The zero-order valence-corrected chi connectivity index (χ0v) is 18.6. The first-order valence-electron chi connectivity index (χ1n) is 10.4. The van der Waals surface area contributed by atoms with Crippen LogP contribution in [0, 0.1) is 33.5 Å². The van der Waals surface area contributed by atoms with E-state index in [0.717, 1.165) is 39.2 Å². The minimum atomic E-state index is -0.309. The first kappa shape index (κ1) is 21.5. The van der Waals surface area contributed by atoms with E-state index < -0.39 is 0 Å². The van der Waals surface area contributed by atoms with Crippen LogP contribution >= 0.6 is 0 Å². The molecule has 164 valence electrons. The molecular formula is C25H25FN4O2. The largest absolute Gasteiger partial charge is 0.343 e. The molecule has 0 unspecified atom stereocenters. The number of nitrogens with zero attached hydrogens (tertiary/aromatic N) is 3. The predicted octanol–water partition coefficient (Wildman–Crippen LogP) is 4.26. The van der Waals surface area contributed by atoms with Crippen LogP contribution in [0.1, 0.15) is 28.1 Å². The van der Waals surface area contributed by atoms with E-state index in [1.165, 1.54) is 16.8 Å². The molecular weight excluding hydrogens is 407 g/mol. The van der Waals surface area contributed by atoms with E-state index in [-0.39, 0.29) is 23.8 Å². The van der Waals surface area contributed by atoms with Crippen LogP contribution in [0.3, 0.4) is 0 Å². The van der Waals surface area contributed by atoms with Gasteiger partial charge in [0.15, 0.2) is 0 Å². The van der Waals surface area contributed by atoms with Gasteiger partial charge in [-0.1, -0.05) is 30.3 Å². The average Bonchev–Trinajstić information content (AvgIpc) is 2.99. The van der Waals surface area contributed by atoms with Crippen LogP contribution < -0.4 is 10.9 Å². The standard InChI is InChI=1S/C25H25FN4O2/c1-15-6-5-7-16(2)24(15)28-22(31)14-30-25(32)23-18(4)29(17(3)21(23)12-27-30)13-19-8-10-20(26)11-9-19/h5-12H,13-14H2,1-4H3,(H,28,31). The van der Waals surface area contributed by atoms with Crippen molar-refractivity contribution in [3.8, 4) is 0 Å². The minimum Gasteiger partial charge on any atom is -0.343 e. The summed E-state index contributed by atoms with van der Waals surface area (Å²) in [5, 5.41) is 8.44. The molecule has 2 aromatic carbocycles. The van der Waals surface area contributed by atoms with E-state index in [0.29, 0.717) is 11.9 Å². The molecule has 0 radical (unpaired) electrons. The molecule has 0 bridgehead atoms. The van der Waals surface area contributed by atoms with Gasteiger partial charge in [-0.15, -0.1) is 0 Å². The zero-order chi connectivity index (χ0) is 23.0. The van der Waals surface area contributed by atoms with Gasteiger partial charge in [0.2, 0.25) is 5.91 Å².